The number of fused-ring (bicyclic) bond motifs is 7. The molecule has 0 aliphatic heterocycles. The first-order valence-corrected chi connectivity index (χ1v) is 17.1. The zero-order chi connectivity index (χ0) is 32.7. The van der Waals surface area contributed by atoms with E-state index in [1.54, 1.807) is 13.1 Å². The molecule has 0 aromatic carbocycles. The van der Waals surface area contributed by atoms with Gasteiger partial charge in [0.2, 0.25) is 5.91 Å². The number of aliphatic hydroxyl groups excluding tert-OH is 1. The van der Waals surface area contributed by atoms with E-state index in [-0.39, 0.29) is 52.2 Å². The Labute approximate surface area is 267 Å². The zero-order valence-electron chi connectivity index (χ0n) is 27.7. The summed E-state index contributed by atoms with van der Waals surface area (Å²) in [5, 5.41) is 34.5. The quantitative estimate of drug-likeness (QED) is 0.248. The number of nitrogens with zero attached hydrogens (tertiary/aromatic N) is 1. The van der Waals surface area contributed by atoms with Crippen molar-refractivity contribution in [3.63, 3.8) is 0 Å². The van der Waals surface area contributed by atoms with E-state index in [9.17, 15) is 29.7 Å². The van der Waals surface area contributed by atoms with Crippen molar-refractivity contribution in [2.24, 2.45) is 56.7 Å². The number of amides is 1. The van der Waals surface area contributed by atoms with E-state index in [2.05, 4.69) is 49.6 Å². The van der Waals surface area contributed by atoms with Crippen LogP contribution in [0.5, 0.6) is 0 Å². The smallest absolute Gasteiger partial charge is 0.326 e. The van der Waals surface area contributed by atoms with Crippen molar-refractivity contribution in [2.45, 2.75) is 117 Å². The number of aromatic nitrogens is 2. The summed E-state index contributed by atoms with van der Waals surface area (Å²) in [6, 6.07) is -1.04. The van der Waals surface area contributed by atoms with Crippen molar-refractivity contribution in [3.8, 4) is 0 Å². The van der Waals surface area contributed by atoms with Crippen LogP contribution in [0.3, 0.4) is 0 Å². The van der Waals surface area contributed by atoms with Gasteiger partial charge in [-0.3, -0.25) is 9.59 Å². The molecule has 9 heteroatoms. The minimum atomic E-state index is -1.15. The van der Waals surface area contributed by atoms with Crippen molar-refractivity contribution in [1.82, 2.24) is 15.3 Å². The number of hydrogen-bond donors (Lipinski definition) is 5. The highest BCUT2D eigenvalue weighted by atomic mass is 16.4. The number of rotatable bonds is 7. The predicted octanol–water partition coefficient (Wildman–Crippen LogP) is 5.60. The van der Waals surface area contributed by atoms with Gasteiger partial charge >= 0.3 is 11.9 Å². The minimum Gasteiger partial charge on any atom is -0.481 e. The summed E-state index contributed by atoms with van der Waals surface area (Å²) in [5.41, 5.74) is -0.317. The molecular weight excluding hydrogens is 570 g/mol. The molecule has 1 aromatic heterocycles. The molecule has 0 spiro atoms. The van der Waals surface area contributed by atoms with Gasteiger partial charge in [0.25, 0.3) is 0 Å². The van der Waals surface area contributed by atoms with E-state index >= 15 is 0 Å². The fourth-order valence-electron chi connectivity index (χ4n) is 12.6. The van der Waals surface area contributed by atoms with E-state index in [4.69, 9.17) is 0 Å². The number of allylic oxidation sites excluding steroid dienone is 1. The van der Waals surface area contributed by atoms with Crippen LogP contribution in [0.1, 0.15) is 105 Å². The Hall–Kier alpha value is -2.68. The van der Waals surface area contributed by atoms with Crippen LogP contribution in [0.2, 0.25) is 0 Å². The maximum Gasteiger partial charge on any atom is 0.326 e. The predicted molar refractivity (Wildman–Crippen MR) is 169 cm³/mol. The van der Waals surface area contributed by atoms with Gasteiger partial charge in [0.05, 0.1) is 23.3 Å². The number of hydrogen-bond acceptors (Lipinski definition) is 5. The van der Waals surface area contributed by atoms with Crippen LogP contribution in [0.15, 0.2) is 24.7 Å². The first-order valence-electron chi connectivity index (χ1n) is 17.1. The first-order chi connectivity index (χ1) is 21.1. The fraction of sp³-hybridized carbons (Fsp3) is 0.778. The van der Waals surface area contributed by atoms with E-state index < -0.39 is 34.9 Å². The summed E-state index contributed by atoms with van der Waals surface area (Å²) in [7, 11) is 0. The fourth-order valence-corrected chi connectivity index (χ4v) is 12.6. The molecule has 0 bridgehead atoms. The molecule has 12 atom stereocenters. The van der Waals surface area contributed by atoms with Crippen molar-refractivity contribution in [1.29, 1.82) is 0 Å². The minimum absolute atomic E-state index is 0.0437. The number of nitrogens with one attached hydrogen (secondary N) is 2. The van der Waals surface area contributed by atoms with E-state index in [0.717, 1.165) is 56.9 Å². The molecule has 0 saturated heterocycles. The van der Waals surface area contributed by atoms with Gasteiger partial charge in [-0.25, -0.2) is 9.78 Å². The van der Waals surface area contributed by atoms with Crippen molar-refractivity contribution in [3.05, 3.63) is 30.4 Å². The summed E-state index contributed by atoms with van der Waals surface area (Å²) >= 11 is 0. The monoisotopic (exact) mass is 623 g/mol. The van der Waals surface area contributed by atoms with Gasteiger partial charge in [0.1, 0.15) is 6.04 Å². The first kappa shape index (κ1) is 32.3. The molecule has 5 aliphatic carbocycles. The molecule has 5 saturated carbocycles. The number of aliphatic carboxylic acids is 2. The summed E-state index contributed by atoms with van der Waals surface area (Å²) in [6.07, 6.45) is 10.6. The molecule has 9 nitrogen and oxygen atoms in total. The van der Waals surface area contributed by atoms with E-state index in [1.807, 2.05) is 0 Å². The number of aromatic amines is 1. The lowest BCUT2D eigenvalue weighted by Gasteiger charge is -2.72. The number of carbonyl (C=O) groups excluding carboxylic acids is 1. The lowest BCUT2D eigenvalue weighted by Crippen LogP contribution is -2.68. The third kappa shape index (κ3) is 4.34. The van der Waals surface area contributed by atoms with Crippen molar-refractivity contribution >= 4 is 17.8 Å². The Morgan fingerprint density at radius 1 is 0.978 bits per heavy atom. The Morgan fingerprint density at radius 2 is 1.71 bits per heavy atom. The summed E-state index contributed by atoms with van der Waals surface area (Å²) in [6.45, 7) is 15.5. The van der Waals surface area contributed by atoms with Crippen LogP contribution in [-0.4, -0.2) is 55.3 Å². The molecule has 248 valence electrons. The highest BCUT2D eigenvalue weighted by molar-refractivity contribution is 5.88. The van der Waals surface area contributed by atoms with Crippen LogP contribution < -0.4 is 5.32 Å². The van der Waals surface area contributed by atoms with E-state index in [1.165, 1.54) is 6.33 Å². The number of carbonyl (C=O) groups is 3. The van der Waals surface area contributed by atoms with E-state index in [0.29, 0.717) is 24.5 Å². The summed E-state index contributed by atoms with van der Waals surface area (Å²) in [5.74, 6) is -1.27. The average Bonchev–Trinajstić information content (AvgIpc) is 3.64. The number of carboxylic acids is 2. The molecule has 5 N–H and O–H groups in total. The summed E-state index contributed by atoms with van der Waals surface area (Å²) < 4.78 is 0. The second kappa shape index (κ2) is 10.7. The van der Waals surface area contributed by atoms with Gasteiger partial charge in [0.15, 0.2) is 0 Å². The second-order valence-corrected chi connectivity index (χ2v) is 16.6. The molecule has 1 amide bonds. The van der Waals surface area contributed by atoms with Gasteiger partial charge in [0, 0.05) is 18.3 Å². The molecule has 5 fully saturated rings. The average molecular weight is 624 g/mol. The van der Waals surface area contributed by atoms with Crippen LogP contribution in [0, 0.1) is 56.7 Å². The zero-order valence-corrected chi connectivity index (χ0v) is 27.7. The third-order valence-electron chi connectivity index (χ3n) is 15.2. The number of H-pyrrole nitrogens is 1. The van der Waals surface area contributed by atoms with Crippen molar-refractivity contribution in [2.75, 3.05) is 0 Å². The highest BCUT2D eigenvalue weighted by Gasteiger charge is 2.73. The maximum absolute atomic E-state index is 14.5. The number of imidazole rings is 1. The Kier molecular flexibility index (Phi) is 7.66. The van der Waals surface area contributed by atoms with Gasteiger partial charge in [-0.05, 0) is 124 Å². The molecule has 1 aromatic rings. The molecule has 5 aliphatic rings. The van der Waals surface area contributed by atoms with Crippen molar-refractivity contribution < 1.29 is 29.7 Å². The molecular formula is C36H53N3O6. The Morgan fingerprint density at radius 3 is 2.33 bits per heavy atom. The Bertz CT molecular complexity index is 1380. The lowest BCUT2D eigenvalue weighted by molar-refractivity contribution is -0.249. The summed E-state index contributed by atoms with van der Waals surface area (Å²) in [4.78, 5) is 46.5. The largest absolute Gasteiger partial charge is 0.481 e. The number of carboxylic acid groups (broad SMARTS) is 2. The maximum atomic E-state index is 14.5. The normalized spacial score (nSPS) is 46.1. The van der Waals surface area contributed by atoms with Crippen LogP contribution in [-0.2, 0) is 20.8 Å². The second-order valence-electron chi connectivity index (χ2n) is 16.6. The highest BCUT2D eigenvalue weighted by Crippen LogP contribution is 2.77. The van der Waals surface area contributed by atoms with Gasteiger partial charge in [-0.15, -0.1) is 0 Å². The SMILES string of the molecule is C=C(C)[C@@H]1CC[C@]2(C(=O)N[C@@H](Cc3cnc[nH]3)C(=O)O)CC[C@]3(C)[C@H](CC[C@@H]4[C@@]5(C)CC[C@@H](O)[C@@](C)(C(=O)O)[C@@H]5CC[C@]43C)[C@@H]12. The molecule has 1 heterocycles. The van der Waals surface area contributed by atoms with Gasteiger partial charge in [-0.2, -0.15) is 0 Å². The van der Waals surface area contributed by atoms with Crippen LogP contribution >= 0.6 is 0 Å². The lowest BCUT2D eigenvalue weighted by atomic mass is 9.32. The van der Waals surface area contributed by atoms with Crippen LogP contribution in [0.4, 0.5) is 0 Å². The molecule has 45 heavy (non-hydrogen) atoms. The topological polar surface area (TPSA) is 153 Å². The molecule has 0 radical (unpaired) electrons. The Balaban J connectivity index is 1.34. The molecule has 0 unspecified atom stereocenters. The third-order valence-corrected chi connectivity index (χ3v) is 15.2. The molecule has 6 rings (SSSR count). The van der Waals surface area contributed by atoms with Crippen LogP contribution in [0.25, 0.3) is 0 Å². The van der Waals surface area contributed by atoms with Gasteiger partial charge in [-0.1, -0.05) is 32.9 Å². The van der Waals surface area contributed by atoms with Gasteiger partial charge < -0.3 is 25.6 Å². The standard InChI is InChI=1S/C36H53N3O6/c1-20(2)22-9-14-36(30(43)39-24(29(41)42)17-21-18-37-19-38-21)16-15-33(4)23(28(22)36)7-8-25-32(3)12-11-27(40)35(6,31(44)45)26(32)10-13-34(25,33)5/h18-19,22-28,40H,1,7-17H2,2-6H3,(H,37,38)(H,39,43)(H,41,42)(H,44,45)/t22-,23+,24-,25+,26+,27+,28+,32+,33+,34+,35-,36-/m0/s1. The number of aliphatic hydroxyl groups is 1.